The standard InChI is InChI=1S/C18H20O4/c1-3-6-13-9-14(16(20)10-15(13)19)17(21)11-22-18-8-5-4-7-12(18)2/h4-5,7-10,19-20H,3,6,11H2,1-2H3. The van der Waals surface area contributed by atoms with Crippen LogP contribution in [0, 0.1) is 6.92 Å². The van der Waals surface area contributed by atoms with Crippen LogP contribution < -0.4 is 4.74 Å². The Morgan fingerprint density at radius 1 is 1.14 bits per heavy atom. The summed E-state index contributed by atoms with van der Waals surface area (Å²) in [6.45, 7) is 3.72. The molecule has 0 aromatic heterocycles. The minimum atomic E-state index is -0.321. The van der Waals surface area contributed by atoms with Crippen molar-refractivity contribution in [3.8, 4) is 17.2 Å². The summed E-state index contributed by atoms with van der Waals surface area (Å²) in [7, 11) is 0. The molecule has 0 aliphatic rings. The first-order valence-electron chi connectivity index (χ1n) is 7.29. The molecule has 2 aromatic carbocycles. The van der Waals surface area contributed by atoms with Crippen LogP contribution in [0.5, 0.6) is 17.2 Å². The monoisotopic (exact) mass is 300 g/mol. The minimum absolute atomic E-state index is 0.00993. The van der Waals surface area contributed by atoms with Crippen LogP contribution in [0.2, 0.25) is 0 Å². The lowest BCUT2D eigenvalue weighted by atomic mass is 10.0. The lowest BCUT2D eigenvalue weighted by molar-refractivity contribution is 0.0918. The summed E-state index contributed by atoms with van der Waals surface area (Å²) >= 11 is 0. The number of benzene rings is 2. The van der Waals surface area contributed by atoms with Crippen LogP contribution in [0.15, 0.2) is 36.4 Å². The number of rotatable bonds is 6. The number of phenolic OH excluding ortho intramolecular Hbond substituents is 2. The molecule has 0 saturated heterocycles. The molecule has 0 unspecified atom stereocenters. The number of hydrogen-bond donors (Lipinski definition) is 2. The van der Waals surface area contributed by atoms with Crippen molar-refractivity contribution < 1.29 is 19.7 Å². The summed E-state index contributed by atoms with van der Waals surface area (Å²) in [6, 6.07) is 10.2. The highest BCUT2D eigenvalue weighted by Crippen LogP contribution is 2.29. The second-order valence-electron chi connectivity index (χ2n) is 5.23. The highest BCUT2D eigenvalue weighted by atomic mass is 16.5. The Labute approximate surface area is 130 Å². The van der Waals surface area contributed by atoms with Crippen LogP contribution in [0.3, 0.4) is 0 Å². The first kappa shape index (κ1) is 15.9. The minimum Gasteiger partial charge on any atom is -0.508 e. The number of aromatic hydroxyl groups is 2. The molecule has 0 radical (unpaired) electrons. The third-order valence-corrected chi connectivity index (χ3v) is 3.47. The summed E-state index contributed by atoms with van der Waals surface area (Å²) in [6.07, 6.45) is 1.48. The molecule has 0 saturated carbocycles. The second-order valence-corrected chi connectivity index (χ2v) is 5.23. The van der Waals surface area contributed by atoms with Crippen LogP contribution >= 0.6 is 0 Å². The van der Waals surface area contributed by atoms with E-state index in [-0.39, 0.29) is 29.5 Å². The van der Waals surface area contributed by atoms with Gasteiger partial charge in [-0.15, -0.1) is 0 Å². The summed E-state index contributed by atoms with van der Waals surface area (Å²) < 4.78 is 5.51. The van der Waals surface area contributed by atoms with Gasteiger partial charge < -0.3 is 14.9 Å². The average Bonchev–Trinajstić information content (AvgIpc) is 2.49. The van der Waals surface area contributed by atoms with E-state index in [9.17, 15) is 15.0 Å². The third-order valence-electron chi connectivity index (χ3n) is 3.47. The molecular formula is C18H20O4. The molecular weight excluding hydrogens is 280 g/mol. The van der Waals surface area contributed by atoms with Crippen LogP contribution in [0.4, 0.5) is 0 Å². The van der Waals surface area contributed by atoms with Crippen molar-refractivity contribution in [1.29, 1.82) is 0 Å². The molecule has 0 atom stereocenters. The van der Waals surface area contributed by atoms with Crippen LogP contribution in [0.1, 0.15) is 34.8 Å². The van der Waals surface area contributed by atoms with Crippen molar-refractivity contribution in [3.63, 3.8) is 0 Å². The van der Waals surface area contributed by atoms with E-state index in [4.69, 9.17) is 4.74 Å². The maximum atomic E-state index is 12.3. The number of aryl methyl sites for hydroxylation is 2. The molecule has 2 N–H and O–H groups in total. The summed E-state index contributed by atoms with van der Waals surface area (Å²) in [5, 5.41) is 19.6. The van der Waals surface area contributed by atoms with Crippen molar-refractivity contribution in [1.82, 2.24) is 0 Å². The number of carbonyl (C=O) groups excluding carboxylic acids is 1. The van der Waals surface area contributed by atoms with Gasteiger partial charge in [0.1, 0.15) is 17.2 Å². The lowest BCUT2D eigenvalue weighted by Gasteiger charge is -2.11. The Hall–Kier alpha value is -2.49. The smallest absolute Gasteiger partial charge is 0.203 e. The molecule has 116 valence electrons. The van der Waals surface area contributed by atoms with Crippen LogP contribution in [0.25, 0.3) is 0 Å². The fraction of sp³-hybridized carbons (Fsp3) is 0.278. The van der Waals surface area contributed by atoms with E-state index in [0.717, 1.165) is 12.0 Å². The van der Waals surface area contributed by atoms with Gasteiger partial charge >= 0.3 is 0 Å². The molecule has 2 aromatic rings. The molecule has 22 heavy (non-hydrogen) atoms. The number of Topliss-reactive ketones (excluding diaryl/α,β-unsaturated/α-hetero) is 1. The van der Waals surface area contributed by atoms with Gasteiger partial charge in [-0.2, -0.15) is 0 Å². The van der Waals surface area contributed by atoms with E-state index in [2.05, 4.69) is 0 Å². The fourth-order valence-corrected chi connectivity index (χ4v) is 2.25. The van der Waals surface area contributed by atoms with Crippen molar-refractivity contribution in [3.05, 3.63) is 53.1 Å². The number of ketones is 1. The van der Waals surface area contributed by atoms with Gasteiger partial charge in [-0.1, -0.05) is 31.5 Å². The molecule has 0 amide bonds. The van der Waals surface area contributed by atoms with E-state index in [1.165, 1.54) is 12.1 Å². The molecule has 4 heteroatoms. The van der Waals surface area contributed by atoms with E-state index >= 15 is 0 Å². The molecule has 0 spiro atoms. The summed E-state index contributed by atoms with van der Waals surface area (Å²) in [4.78, 5) is 12.3. The SMILES string of the molecule is CCCc1cc(C(=O)COc2ccccc2C)c(O)cc1O. The quantitative estimate of drug-likeness (QED) is 0.800. The molecule has 0 heterocycles. The number of carbonyl (C=O) groups is 1. The Morgan fingerprint density at radius 3 is 2.55 bits per heavy atom. The van der Waals surface area contributed by atoms with E-state index in [1.807, 2.05) is 32.0 Å². The number of phenols is 2. The van der Waals surface area contributed by atoms with Gasteiger partial charge in [0, 0.05) is 6.07 Å². The van der Waals surface area contributed by atoms with Gasteiger partial charge in [-0.25, -0.2) is 0 Å². The zero-order valence-corrected chi connectivity index (χ0v) is 12.8. The zero-order chi connectivity index (χ0) is 16.1. The fourth-order valence-electron chi connectivity index (χ4n) is 2.25. The Morgan fingerprint density at radius 2 is 1.86 bits per heavy atom. The van der Waals surface area contributed by atoms with Crippen molar-refractivity contribution in [2.75, 3.05) is 6.61 Å². The molecule has 0 bridgehead atoms. The van der Waals surface area contributed by atoms with Gasteiger partial charge in [0.15, 0.2) is 6.61 Å². The van der Waals surface area contributed by atoms with Gasteiger partial charge in [-0.3, -0.25) is 4.79 Å². The maximum absolute atomic E-state index is 12.3. The first-order chi connectivity index (χ1) is 10.5. The van der Waals surface area contributed by atoms with Crippen LogP contribution in [-0.4, -0.2) is 22.6 Å². The van der Waals surface area contributed by atoms with Crippen molar-refractivity contribution in [2.24, 2.45) is 0 Å². The number of ether oxygens (including phenoxy) is 1. The highest BCUT2D eigenvalue weighted by molar-refractivity contribution is 6.00. The molecule has 0 aliphatic heterocycles. The van der Waals surface area contributed by atoms with E-state index < -0.39 is 0 Å². The number of hydrogen-bond acceptors (Lipinski definition) is 4. The second kappa shape index (κ2) is 6.98. The number of para-hydroxylation sites is 1. The average molecular weight is 300 g/mol. The topological polar surface area (TPSA) is 66.8 Å². The summed E-state index contributed by atoms with van der Waals surface area (Å²) in [5.41, 5.74) is 1.77. The van der Waals surface area contributed by atoms with Gasteiger partial charge in [0.25, 0.3) is 0 Å². The molecule has 0 aliphatic carbocycles. The maximum Gasteiger partial charge on any atom is 0.203 e. The predicted octanol–water partition coefficient (Wildman–Crippen LogP) is 3.62. The van der Waals surface area contributed by atoms with Crippen LogP contribution in [-0.2, 0) is 6.42 Å². The largest absolute Gasteiger partial charge is 0.508 e. The highest BCUT2D eigenvalue weighted by Gasteiger charge is 2.16. The summed E-state index contributed by atoms with van der Waals surface area (Å²) in [5.74, 6) is 0.104. The van der Waals surface area contributed by atoms with Gasteiger partial charge in [0.05, 0.1) is 5.56 Å². The molecule has 2 rings (SSSR count). The molecule has 0 fully saturated rings. The van der Waals surface area contributed by atoms with Gasteiger partial charge in [0.2, 0.25) is 5.78 Å². The first-order valence-corrected chi connectivity index (χ1v) is 7.29. The normalized spacial score (nSPS) is 10.5. The zero-order valence-electron chi connectivity index (χ0n) is 12.8. The van der Waals surface area contributed by atoms with E-state index in [1.54, 1.807) is 6.07 Å². The Kier molecular flexibility index (Phi) is 5.04. The van der Waals surface area contributed by atoms with Crippen molar-refractivity contribution in [2.45, 2.75) is 26.7 Å². The predicted molar refractivity (Wildman–Crippen MR) is 84.8 cm³/mol. The Bertz CT molecular complexity index is 677. The third kappa shape index (κ3) is 3.58. The van der Waals surface area contributed by atoms with Crippen molar-refractivity contribution >= 4 is 5.78 Å². The van der Waals surface area contributed by atoms with E-state index in [0.29, 0.717) is 17.7 Å². The Balaban J connectivity index is 2.15. The lowest BCUT2D eigenvalue weighted by Crippen LogP contribution is -2.12. The van der Waals surface area contributed by atoms with Gasteiger partial charge in [-0.05, 0) is 36.6 Å². The molecule has 4 nitrogen and oxygen atoms in total.